The monoisotopic (exact) mass is 339 g/mol. The number of carbonyl (C=O) groups excluding carboxylic acids is 3. The Morgan fingerprint density at radius 1 is 1.22 bits per heavy atom. The number of hydrogen-bond acceptors (Lipinski definition) is 6. The summed E-state index contributed by atoms with van der Waals surface area (Å²) in [5.41, 5.74) is 1.17. The fourth-order valence-corrected chi connectivity index (χ4v) is 3.07. The molecule has 1 rings (SSSR count). The second-order valence-corrected chi connectivity index (χ2v) is 5.69. The average molecular weight is 339 g/mol. The number of hydrogen-bond donors (Lipinski definition) is 1. The highest BCUT2D eigenvalue weighted by Gasteiger charge is 2.23. The normalized spacial score (nSPS) is 10.6. The van der Waals surface area contributed by atoms with Gasteiger partial charge in [0.1, 0.15) is 5.00 Å². The molecule has 0 atom stereocenters. The lowest BCUT2D eigenvalue weighted by molar-refractivity contribution is -0.142. The highest BCUT2D eigenvalue weighted by molar-refractivity contribution is 7.17. The van der Waals surface area contributed by atoms with Crippen molar-refractivity contribution in [2.24, 2.45) is 0 Å². The van der Waals surface area contributed by atoms with Crippen molar-refractivity contribution in [2.45, 2.75) is 34.1 Å². The third-order valence-electron chi connectivity index (χ3n) is 2.95. The van der Waals surface area contributed by atoms with Gasteiger partial charge < -0.3 is 14.8 Å². The van der Waals surface area contributed by atoms with E-state index in [2.05, 4.69) is 5.32 Å². The number of aryl methyl sites for hydroxylation is 1. The van der Waals surface area contributed by atoms with E-state index in [1.165, 1.54) is 23.5 Å². The van der Waals surface area contributed by atoms with Gasteiger partial charge in [-0.05, 0) is 32.8 Å². The molecule has 0 fully saturated rings. The summed E-state index contributed by atoms with van der Waals surface area (Å²) in [5, 5.41) is 3.04. The standard InChI is InChI=1S/C16H21NO5S/c1-5-8-13(19)22-9-12(18)17-15-14(16(20)21-7-3)10(4)11(6-2)23-15/h5,8H,6-7,9H2,1-4H3,(H,17,18)/b8-5+. The summed E-state index contributed by atoms with van der Waals surface area (Å²) >= 11 is 1.33. The van der Waals surface area contributed by atoms with Crippen LogP contribution in [-0.2, 0) is 25.5 Å². The summed E-state index contributed by atoms with van der Waals surface area (Å²) in [6.07, 6.45) is 3.49. The SMILES string of the molecule is C/C=C/C(=O)OCC(=O)Nc1sc(CC)c(C)c1C(=O)OCC. The summed E-state index contributed by atoms with van der Waals surface area (Å²) in [6.45, 7) is 7.03. The van der Waals surface area contributed by atoms with E-state index in [1.807, 2.05) is 13.8 Å². The molecule has 6 nitrogen and oxygen atoms in total. The molecule has 0 radical (unpaired) electrons. The summed E-state index contributed by atoms with van der Waals surface area (Å²) in [4.78, 5) is 36.2. The van der Waals surface area contributed by atoms with Crippen LogP contribution in [0.15, 0.2) is 12.2 Å². The molecule has 0 saturated carbocycles. The van der Waals surface area contributed by atoms with Crippen molar-refractivity contribution in [3.63, 3.8) is 0 Å². The first-order chi connectivity index (χ1) is 10.9. The van der Waals surface area contributed by atoms with E-state index in [9.17, 15) is 14.4 Å². The van der Waals surface area contributed by atoms with E-state index < -0.39 is 24.5 Å². The predicted octanol–water partition coefficient (Wildman–Crippen LogP) is 2.85. The molecular formula is C16H21NO5S. The van der Waals surface area contributed by atoms with E-state index in [-0.39, 0.29) is 6.61 Å². The molecule has 0 bridgehead atoms. The van der Waals surface area contributed by atoms with Crippen LogP contribution >= 0.6 is 11.3 Å². The number of anilines is 1. The van der Waals surface area contributed by atoms with Crippen molar-refractivity contribution in [3.8, 4) is 0 Å². The zero-order valence-corrected chi connectivity index (χ0v) is 14.5. The predicted molar refractivity (Wildman–Crippen MR) is 88.8 cm³/mol. The van der Waals surface area contributed by atoms with Crippen LogP contribution in [0.2, 0.25) is 0 Å². The number of ether oxygens (including phenoxy) is 2. The summed E-state index contributed by atoms with van der Waals surface area (Å²) in [6, 6.07) is 0. The Labute approximate surface area is 139 Å². The molecule has 1 amide bonds. The number of nitrogens with one attached hydrogen (secondary N) is 1. The largest absolute Gasteiger partial charge is 0.462 e. The van der Waals surface area contributed by atoms with Crippen molar-refractivity contribution >= 4 is 34.2 Å². The summed E-state index contributed by atoms with van der Waals surface area (Å²) < 4.78 is 9.82. The number of thiophene rings is 1. The minimum absolute atomic E-state index is 0.254. The fourth-order valence-electron chi connectivity index (χ4n) is 1.92. The number of allylic oxidation sites excluding steroid dienone is 1. The third-order valence-corrected chi connectivity index (χ3v) is 4.30. The lowest BCUT2D eigenvalue weighted by Gasteiger charge is -2.07. The van der Waals surface area contributed by atoms with E-state index in [0.29, 0.717) is 10.6 Å². The second-order valence-electron chi connectivity index (χ2n) is 4.58. The van der Waals surface area contributed by atoms with E-state index in [1.54, 1.807) is 13.8 Å². The van der Waals surface area contributed by atoms with Crippen molar-refractivity contribution in [1.82, 2.24) is 0 Å². The number of carbonyl (C=O) groups is 3. The maximum Gasteiger partial charge on any atom is 0.341 e. The fraction of sp³-hybridized carbons (Fsp3) is 0.438. The maximum atomic E-state index is 12.1. The molecule has 0 aliphatic rings. The molecule has 0 aromatic carbocycles. The number of amides is 1. The Balaban J connectivity index is 2.88. The van der Waals surface area contributed by atoms with Gasteiger partial charge in [0.25, 0.3) is 5.91 Å². The summed E-state index contributed by atoms with van der Waals surface area (Å²) in [5.74, 6) is -1.57. The first-order valence-corrected chi connectivity index (χ1v) is 8.14. The highest BCUT2D eigenvalue weighted by atomic mass is 32.1. The van der Waals surface area contributed by atoms with Crippen LogP contribution in [0.25, 0.3) is 0 Å². The van der Waals surface area contributed by atoms with Gasteiger partial charge in [0.15, 0.2) is 6.61 Å². The lowest BCUT2D eigenvalue weighted by atomic mass is 10.1. The van der Waals surface area contributed by atoms with Gasteiger partial charge in [0, 0.05) is 11.0 Å². The van der Waals surface area contributed by atoms with Gasteiger partial charge in [0.05, 0.1) is 12.2 Å². The van der Waals surface area contributed by atoms with Crippen LogP contribution in [-0.4, -0.2) is 31.1 Å². The zero-order valence-electron chi connectivity index (χ0n) is 13.7. The van der Waals surface area contributed by atoms with Crippen molar-refractivity contribution in [3.05, 3.63) is 28.2 Å². The summed E-state index contributed by atoms with van der Waals surface area (Å²) in [7, 11) is 0. The van der Waals surface area contributed by atoms with Gasteiger partial charge in [-0.1, -0.05) is 13.0 Å². The Bertz CT molecular complexity index is 618. The van der Waals surface area contributed by atoms with Gasteiger partial charge in [-0.15, -0.1) is 11.3 Å². The van der Waals surface area contributed by atoms with Crippen LogP contribution in [0.4, 0.5) is 5.00 Å². The van der Waals surface area contributed by atoms with E-state index >= 15 is 0 Å². The molecule has 0 aliphatic carbocycles. The second kappa shape index (κ2) is 9.09. The van der Waals surface area contributed by atoms with Gasteiger partial charge in [-0.2, -0.15) is 0 Å². The van der Waals surface area contributed by atoms with Crippen LogP contribution in [0, 0.1) is 6.92 Å². The molecule has 7 heteroatoms. The molecular weight excluding hydrogens is 318 g/mol. The van der Waals surface area contributed by atoms with Crippen molar-refractivity contribution in [2.75, 3.05) is 18.5 Å². The van der Waals surface area contributed by atoms with Crippen LogP contribution in [0.3, 0.4) is 0 Å². The van der Waals surface area contributed by atoms with Crippen molar-refractivity contribution in [1.29, 1.82) is 0 Å². The Hall–Kier alpha value is -2.15. The lowest BCUT2D eigenvalue weighted by Crippen LogP contribution is -2.21. The number of rotatable bonds is 7. The van der Waals surface area contributed by atoms with Gasteiger partial charge >= 0.3 is 11.9 Å². The quantitative estimate of drug-likeness (QED) is 0.610. The Morgan fingerprint density at radius 3 is 2.48 bits per heavy atom. The molecule has 0 aliphatic heterocycles. The van der Waals surface area contributed by atoms with Gasteiger partial charge in [-0.3, -0.25) is 4.79 Å². The van der Waals surface area contributed by atoms with Crippen LogP contribution in [0.5, 0.6) is 0 Å². The van der Waals surface area contributed by atoms with Gasteiger partial charge in [0.2, 0.25) is 0 Å². The minimum atomic E-state index is -0.593. The maximum absolute atomic E-state index is 12.1. The number of esters is 2. The van der Waals surface area contributed by atoms with E-state index in [0.717, 1.165) is 16.9 Å². The molecule has 0 spiro atoms. The third kappa shape index (κ3) is 5.21. The van der Waals surface area contributed by atoms with Crippen LogP contribution in [0.1, 0.15) is 41.6 Å². The van der Waals surface area contributed by atoms with Crippen LogP contribution < -0.4 is 5.32 Å². The molecule has 1 aromatic rings. The topological polar surface area (TPSA) is 81.7 Å². The van der Waals surface area contributed by atoms with Gasteiger partial charge in [-0.25, -0.2) is 9.59 Å². The molecule has 1 aromatic heterocycles. The molecule has 1 N–H and O–H groups in total. The minimum Gasteiger partial charge on any atom is -0.462 e. The smallest absolute Gasteiger partial charge is 0.341 e. The molecule has 0 unspecified atom stereocenters. The van der Waals surface area contributed by atoms with E-state index in [4.69, 9.17) is 9.47 Å². The molecule has 0 saturated heterocycles. The highest BCUT2D eigenvalue weighted by Crippen LogP contribution is 2.34. The Kier molecular flexibility index (Phi) is 7.47. The average Bonchev–Trinajstić information content (AvgIpc) is 2.81. The molecule has 1 heterocycles. The Morgan fingerprint density at radius 2 is 1.91 bits per heavy atom. The first-order valence-electron chi connectivity index (χ1n) is 7.33. The molecule has 126 valence electrons. The first kappa shape index (κ1) is 18.9. The molecule has 23 heavy (non-hydrogen) atoms. The zero-order chi connectivity index (χ0) is 17.4. The van der Waals surface area contributed by atoms with Crippen molar-refractivity contribution < 1.29 is 23.9 Å².